The Labute approximate surface area is 317 Å². The number of hydrogen-bond acceptors (Lipinski definition) is 20. The normalized spacial score (nSPS) is 45.2. The highest BCUT2D eigenvalue weighted by Crippen LogP contribution is 2.37. The van der Waals surface area contributed by atoms with Crippen LogP contribution in [0.25, 0.3) is 0 Å². The Morgan fingerprint density at radius 1 is 0.673 bits per heavy atom. The summed E-state index contributed by atoms with van der Waals surface area (Å²) < 4.78 is 41.0. The molecule has 1 saturated carbocycles. The lowest BCUT2D eigenvalue weighted by Gasteiger charge is -2.50. The number of ether oxygens (including phenoxy) is 7. The Morgan fingerprint density at radius 2 is 1.33 bits per heavy atom. The number of aliphatic hydroxyl groups excluding tert-OH is 10. The van der Waals surface area contributed by atoms with Crippen molar-refractivity contribution in [3.63, 3.8) is 0 Å². The maximum Gasteiger partial charge on any atom is 0.233 e. The average molecular weight is 802 g/mol. The van der Waals surface area contributed by atoms with Gasteiger partial charge in [-0.25, -0.2) is 5.84 Å². The molecule has 0 aromatic carbocycles. The molecule has 20 atom stereocenters. The zero-order chi connectivity index (χ0) is 40.7. The molecule has 14 N–H and O–H groups in total. The molecule has 4 fully saturated rings. The molecule has 320 valence electrons. The molecule has 0 radical (unpaired) electrons. The number of hydrazine groups is 1. The molecule has 3 heterocycles. The van der Waals surface area contributed by atoms with E-state index in [4.69, 9.17) is 39.0 Å². The maximum absolute atomic E-state index is 12.6. The van der Waals surface area contributed by atoms with Crippen molar-refractivity contribution < 1.29 is 93.8 Å². The number of amides is 2. The van der Waals surface area contributed by atoms with Gasteiger partial charge >= 0.3 is 0 Å². The second kappa shape index (κ2) is 20.8. The second-order valence-corrected chi connectivity index (χ2v) is 14.6. The van der Waals surface area contributed by atoms with Crippen molar-refractivity contribution in [3.8, 4) is 0 Å². The fourth-order valence-electron chi connectivity index (χ4n) is 7.25. The second-order valence-electron chi connectivity index (χ2n) is 14.6. The smallest absolute Gasteiger partial charge is 0.233 e. The van der Waals surface area contributed by atoms with Gasteiger partial charge in [-0.2, -0.15) is 0 Å². The maximum atomic E-state index is 12.6. The molecule has 4 aliphatic rings. The minimum atomic E-state index is -1.90. The van der Waals surface area contributed by atoms with Crippen LogP contribution < -0.4 is 16.6 Å². The SMILES string of the molecule is CC(=O)NC1C(O[C@@H]2OC(CO)[C@H](O)[C@H](O)C2O[C@@H]2OC(C)[C@H](O)[C@@H](O)C2O)[C@H](O)[C@@H](CO)C[C@@H]1O[C@H]1C(O)[C@H](OCCCCCC(=O)NN)OC(C)[C@@H]1O. The topological polar surface area (TPSA) is 351 Å². The van der Waals surface area contributed by atoms with Crippen LogP contribution in [0, 0.1) is 5.92 Å². The standard InChI is InChI=1S/C33H59N3O19/c1-12-20(41)24(45)26(47)32(51-12)55-30-25(46)23(44)17(11-38)53-33(30)54-28-19(35-14(3)39)16(9-15(10-37)22(28)43)52-29-21(42)13(2)50-31(27(29)48)49-8-6-4-5-7-18(40)36-34/h12-13,15-17,19-33,37-38,41-48H,4-11,34H2,1-3H3,(H,35,39)(H,36,40)/t12?,13?,15-,16+,17?,19?,20+,21+,22-,23+,24-,25+,26?,27?,28?,29-,30?,31-,32+,33+/m1/s1. The molecule has 22 nitrogen and oxygen atoms in total. The van der Waals surface area contributed by atoms with Crippen LogP contribution in [0.1, 0.15) is 52.9 Å². The molecule has 3 saturated heterocycles. The van der Waals surface area contributed by atoms with Crippen LogP contribution in [0.5, 0.6) is 0 Å². The summed E-state index contributed by atoms with van der Waals surface area (Å²) in [5, 5.41) is 110. The minimum absolute atomic E-state index is 0.121. The fourth-order valence-corrected chi connectivity index (χ4v) is 7.25. The Morgan fingerprint density at radius 3 is 1.96 bits per heavy atom. The summed E-state index contributed by atoms with van der Waals surface area (Å²) >= 11 is 0. The lowest BCUT2D eigenvalue weighted by molar-refractivity contribution is -0.375. The first-order valence-corrected chi connectivity index (χ1v) is 18.5. The molecule has 22 heteroatoms. The van der Waals surface area contributed by atoms with Crippen LogP contribution in [0.2, 0.25) is 0 Å². The molecule has 2 amide bonds. The van der Waals surface area contributed by atoms with Crippen LogP contribution in [0.3, 0.4) is 0 Å². The van der Waals surface area contributed by atoms with E-state index in [1.165, 1.54) is 20.8 Å². The van der Waals surface area contributed by atoms with E-state index in [0.717, 1.165) is 0 Å². The van der Waals surface area contributed by atoms with Crippen LogP contribution >= 0.6 is 0 Å². The van der Waals surface area contributed by atoms with E-state index in [2.05, 4.69) is 5.32 Å². The lowest BCUT2D eigenvalue weighted by Crippen LogP contribution is -2.68. The van der Waals surface area contributed by atoms with Crippen LogP contribution in [-0.2, 0) is 42.7 Å². The monoisotopic (exact) mass is 801 g/mol. The van der Waals surface area contributed by atoms with E-state index in [1.807, 2.05) is 5.43 Å². The fraction of sp³-hybridized carbons (Fsp3) is 0.939. The molecule has 55 heavy (non-hydrogen) atoms. The highest BCUT2D eigenvalue weighted by molar-refractivity contribution is 5.75. The van der Waals surface area contributed by atoms with Crippen molar-refractivity contribution in [2.24, 2.45) is 11.8 Å². The molecule has 0 aromatic heterocycles. The molecule has 0 bridgehead atoms. The van der Waals surface area contributed by atoms with E-state index in [-0.39, 0.29) is 25.4 Å². The summed E-state index contributed by atoms with van der Waals surface area (Å²) in [5.74, 6) is 3.14. The number of hydrogen-bond donors (Lipinski definition) is 13. The van der Waals surface area contributed by atoms with Gasteiger partial charge in [0.25, 0.3) is 0 Å². The van der Waals surface area contributed by atoms with Gasteiger partial charge in [0.1, 0.15) is 67.1 Å². The number of unbranched alkanes of at least 4 members (excludes halogenated alkanes) is 2. The number of nitrogens with two attached hydrogens (primary N) is 1. The zero-order valence-corrected chi connectivity index (χ0v) is 30.9. The average Bonchev–Trinajstić information content (AvgIpc) is 3.15. The van der Waals surface area contributed by atoms with E-state index < -0.39 is 142 Å². The van der Waals surface area contributed by atoms with Crippen LogP contribution in [0.15, 0.2) is 0 Å². The van der Waals surface area contributed by atoms with Crippen molar-refractivity contribution in [3.05, 3.63) is 0 Å². The molecule has 0 aromatic rings. The van der Waals surface area contributed by atoms with Gasteiger partial charge in [0.15, 0.2) is 18.9 Å². The number of carbonyl (C=O) groups excluding carboxylic acids is 2. The first kappa shape index (κ1) is 45.9. The van der Waals surface area contributed by atoms with Crippen molar-refractivity contribution in [2.45, 2.75) is 169 Å². The van der Waals surface area contributed by atoms with Crippen molar-refractivity contribution in [1.29, 1.82) is 0 Å². The van der Waals surface area contributed by atoms with Crippen molar-refractivity contribution >= 4 is 11.8 Å². The van der Waals surface area contributed by atoms with E-state index >= 15 is 0 Å². The van der Waals surface area contributed by atoms with Gasteiger partial charge in [0, 0.05) is 32.5 Å². The largest absolute Gasteiger partial charge is 0.396 e. The Bertz CT molecular complexity index is 1210. The summed E-state index contributed by atoms with van der Waals surface area (Å²) in [6.07, 6.45) is -25.8. The van der Waals surface area contributed by atoms with Gasteiger partial charge in [0.05, 0.1) is 37.1 Å². The summed E-state index contributed by atoms with van der Waals surface area (Å²) in [7, 11) is 0. The Hall–Kier alpha value is -1.78. The van der Waals surface area contributed by atoms with Crippen LogP contribution in [-0.4, -0.2) is 199 Å². The van der Waals surface area contributed by atoms with Gasteiger partial charge in [-0.3, -0.25) is 15.0 Å². The van der Waals surface area contributed by atoms with E-state index in [0.29, 0.717) is 19.3 Å². The summed E-state index contributed by atoms with van der Waals surface area (Å²) in [6, 6.07) is -1.31. The van der Waals surface area contributed by atoms with Gasteiger partial charge in [-0.05, 0) is 33.1 Å². The van der Waals surface area contributed by atoms with Crippen LogP contribution in [0.4, 0.5) is 0 Å². The predicted molar refractivity (Wildman–Crippen MR) is 180 cm³/mol. The third-order valence-electron chi connectivity index (χ3n) is 10.5. The molecular formula is C33H59N3O19. The number of aliphatic hydroxyl groups is 10. The summed E-state index contributed by atoms with van der Waals surface area (Å²) in [5.41, 5.74) is 2.05. The van der Waals surface area contributed by atoms with Gasteiger partial charge in [-0.1, -0.05) is 6.42 Å². The van der Waals surface area contributed by atoms with Gasteiger partial charge in [-0.15, -0.1) is 0 Å². The molecular weight excluding hydrogens is 742 g/mol. The highest BCUT2D eigenvalue weighted by atomic mass is 16.8. The molecule has 1 aliphatic carbocycles. The molecule has 8 unspecified atom stereocenters. The van der Waals surface area contributed by atoms with Gasteiger partial charge in [0.2, 0.25) is 11.8 Å². The highest BCUT2D eigenvalue weighted by Gasteiger charge is 2.55. The van der Waals surface area contributed by atoms with E-state index in [1.54, 1.807) is 0 Å². The first-order valence-electron chi connectivity index (χ1n) is 18.5. The molecule has 3 aliphatic heterocycles. The quantitative estimate of drug-likeness (QED) is 0.0299. The molecule has 4 rings (SSSR count). The summed E-state index contributed by atoms with van der Waals surface area (Å²) in [4.78, 5) is 24.0. The summed E-state index contributed by atoms with van der Waals surface area (Å²) in [6.45, 7) is 2.74. The minimum Gasteiger partial charge on any atom is -0.396 e. The Kier molecular flexibility index (Phi) is 17.3. The number of carbonyl (C=O) groups is 2. The molecule has 0 spiro atoms. The lowest BCUT2D eigenvalue weighted by atomic mass is 9.79. The first-order chi connectivity index (χ1) is 26.0. The van der Waals surface area contributed by atoms with Crippen molar-refractivity contribution in [2.75, 3.05) is 19.8 Å². The number of rotatable bonds is 16. The van der Waals surface area contributed by atoms with Crippen molar-refractivity contribution in [1.82, 2.24) is 10.7 Å². The van der Waals surface area contributed by atoms with E-state index in [9.17, 15) is 60.7 Å². The third kappa shape index (κ3) is 11.0. The predicted octanol–water partition coefficient (Wildman–Crippen LogP) is -6.31. The Balaban J connectivity index is 1.56. The van der Waals surface area contributed by atoms with Gasteiger partial charge < -0.3 is 89.5 Å². The zero-order valence-electron chi connectivity index (χ0n) is 30.9. The number of nitrogens with one attached hydrogen (secondary N) is 2. The third-order valence-corrected chi connectivity index (χ3v) is 10.5.